The number of rotatable bonds is 19. The number of carboxylic acids is 1. The van der Waals surface area contributed by atoms with Crippen LogP contribution in [0.5, 0.6) is 0 Å². The normalized spacial score (nSPS) is 19.3. The Labute approximate surface area is 344 Å². The van der Waals surface area contributed by atoms with Crippen molar-refractivity contribution in [3.63, 3.8) is 0 Å². The lowest BCUT2D eigenvalue weighted by Gasteiger charge is -2.32. The van der Waals surface area contributed by atoms with E-state index in [2.05, 4.69) is 28.2 Å². The molecule has 58 heavy (non-hydrogen) atoms. The number of aliphatic carboxylic acids is 1. The topological polar surface area (TPSA) is 235 Å². The number of hydrogen-bond donors (Lipinski definition) is 6. The standard InChI is InChI=1S/C24H41N3O3.C9H14N2O4.C8H16N2O3/c1-19(20-10-4-2-5-11-20)18-22(28)25-21(24(30)27-16-6-3-7-17-27)12-13-23(29)26-14-8-9-15-26;12-6-10-7(5-8(13)14)9(15)11-3-1-2-4-11;1-3-4-9-8(13)7(6(2)12)10-5-11/h19-21H,2-18H2,1H3,(H,25,28);6-7H,1-5H2,(H,10,12)(H,13,14);5-7,12H,3-4H2,1-2H3,(H,9,13)(H,10,11)/t19-,21-;7-;6-,7+/m001/s1. The van der Waals surface area contributed by atoms with Gasteiger partial charge < -0.3 is 46.2 Å². The number of amides is 7. The third-order valence-corrected chi connectivity index (χ3v) is 11.3. The second kappa shape index (κ2) is 28.2. The summed E-state index contributed by atoms with van der Waals surface area (Å²) in [6.45, 7) is 10.6. The van der Waals surface area contributed by atoms with Crippen LogP contribution in [0.4, 0.5) is 0 Å². The van der Waals surface area contributed by atoms with Crippen molar-refractivity contribution in [3.05, 3.63) is 0 Å². The predicted molar refractivity (Wildman–Crippen MR) is 217 cm³/mol. The molecule has 0 aromatic rings. The molecule has 1 aliphatic carbocycles. The van der Waals surface area contributed by atoms with Gasteiger partial charge in [-0.2, -0.15) is 0 Å². The van der Waals surface area contributed by atoms with E-state index in [0.29, 0.717) is 63.6 Å². The molecule has 0 radical (unpaired) electrons. The first kappa shape index (κ1) is 49.9. The highest BCUT2D eigenvalue weighted by molar-refractivity contribution is 5.89. The van der Waals surface area contributed by atoms with E-state index in [9.17, 15) is 38.4 Å². The highest BCUT2D eigenvalue weighted by Crippen LogP contribution is 2.31. The maximum atomic E-state index is 13.1. The monoisotopic (exact) mass is 822 g/mol. The molecule has 3 heterocycles. The number of nitrogens with one attached hydrogen (secondary N) is 4. The molecule has 0 unspecified atom stereocenters. The van der Waals surface area contributed by atoms with E-state index in [1.807, 2.05) is 16.7 Å². The molecule has 330 valence electrons. The third kappa shape index (κ3) is 18.5. The smallest absolute Gasteiger partial charge is 0.305 e. The Kier molecular flexibility index (Phi) is 24.2. The third-order valence-electron chi connectivity index (χ3n) is 11.3. The van der Waals surface area contributed by atoms with Crippen LogP contribution in [-0.2, 0) is 38.4 Å². The summed E-state index contributed by atoms with van der Waals surface area (Å²) < 4.78 is 0. The summed E-state index contributed by atoms with van der Waals surface area (Å²) in [5.74, 6) is -0.693. The van der Waals surface area contributed by atoms with E-state index in [1.165, 1.54) is 39.0 Å². The largest absolute Gasteiger partial charge is 0.481 e. The number of carboxylic acid groups (broad SMARTS) is 1. The van der Waals surface area contributed by atoms with Crippen molar-refractivity contribution in [2.75, 3.05) is 45.8 Å². The Balaban J connectivity index is 0.000000346. The zero-order valence-electron chi connectivity index (χ0n) is 35.1. The number of nitrogens with zero attached hydrogens (tertiary/aromatic N) is 3. The maximum absolute atomic E-state index is 13.1. The second-order valence-corrected chi connectivity index (χ2v) is 16.0. The van der Waals surface area contributed by atoms with Crippen LogP contribution in [0.15, 0.2) is 0 Å². The number of aliphatic hydroxyl groups excluding tert-OH is 1. The molecule has 0 aromatic heterocycles. The van der Waals surface area contributed by atoms with Crippen LogP contribution in [0.3, 0.4) is 0 Å². The number of piperidine rings is 1. The Morgan fingerprint density at radius 3 is 1.69 bits per heavy atom. The van der Waals surface area contributed by atoms with Crippen molar-refractivity contribution in [2.45, 2.75) is 154 Å². The average Bonchev–Trinajstić information content (AvgIpc) is 3.97. The van der Waals surface area contributed by atoms with E-state index < -0.39 is 30.2 Å². The van der Waals surface area contributed by atoms with Gasteiger partial charge in [0, 0.05) is 58.7 Å². The number of carbonyl (C=O) groups excluding carboxylic acids is 7. The van der Waals surface area contributed by atoms with Gasteiger partial charge in [-0.3, -0.25) is 38.4 Å². The fraction of sp³-hybridized carbons (Fsp3) is 0.805. The summed E-state index contributed by atoms with van der Waals surface area (Å²) >= 11 is 0. The van der Waals surface area contributed by atoms with Gasteiger partial charge in [-0.1, -0.05) is 46.0 Å². The molecular weight excluding hydrogens is 750 g/mol. The molecule has 0 aromatic carbocycles. The van der Waals surface area contributed by atoms with Crippen molar-refractivity contribution in [1.82, 2.24) is 36.0 Å². The Morgan fingerprint density at radius 2 is 1.19 bits per heavy atom. The van der Waals surface area contributed by atoms with Gasteiger partial charge in [0.15, 0.2) is 0 Å². The number of likely N-dealkylation sites (tertiary alicyclic amines) is 3. The van der Waals surface area contributed by atoms with E-state index in [0.717, 1.165) is 77.5 Å². The summed E-state index contributed by atoms with van der Waals surface area (Å²) in [5, 5.41) is 27.8. The van der Waals surface area contributed by atoms with Gasteiger partial charge >= 0.3 is 5.97 Å². The van der Waals surface area contributed by atoms with Gasteiger partial charge in [0.1, 0.15) is 18.1 Å². The minimum Gasteiger partial charge on any atom is -0.481 e. The first-order valence-corrected chi connectivity index (χ1v) is 21.5. The van der Waals surface area contributed by atoms with Crippen molar-refractivity contribution in [2.24, 2.45) is 11.8 Å². The molecular formula is C41H71N7O10. The van der Waals surface area contributed by atoms with Gasteiger partial charge in [-0.05, 0) is 76.5 Å². The summed E-state index contributed by atoms with van der Waals surface area (Å²) in [6.07, 6.45) is 15.1. The molecule has 4 fully saturated rings. The van der Waals surface area contributed by atoms with Crippen molar-refractivity contribution in [1.29, 1.82) is 0 Å². The molecule has 3 aliphatic heterocycles. The summed E-state index contributed by atoms with van der Waals surface area (Å²) in [6, 6.07) is -2.36. The van der Waals surface area contributed by atoms with Crippen LogP contribution in [0, 0.1) is 11.8 Å². The van der Waals surface area contributed by atoms with Crippen LogP contribution >= 0.6 is 0 Å². The van der Waals surface area contributed by atoms with Crippen molar-refractivity contribution < 1.29 is 48.6 Å². The first-order chi connectivity index (χ1) is 27.8. The number of carbonyl (C=O) groups is 8. The van der Waals surface area contributed by atoms with Crippen LogP contribution in [0.2, 0.25) is 0 Å². The molecule has 4 rings (SSSR count). The Hall–Kier alpha value is -4.28. The van der Waals surface area contributed by atoms with Crippen LogP contribution in [-0.4, -0.2) is 143 Å². The van der Waals surface area contributed by atoms with Crippen LogP contribution < -0.4 is 21.3 Å². The summed E-state index contributed by atoms with van der Waals surface area (Å²) in [5.41, 5.74) is 0. The average molecular weight is 822 g/mol. The molecule has 6 N–H and O–H groups in total. The molecule has 0 bridgehead atoms. The molecule has 5 atom stereocenters. The first-order valence-electron chi connectivity index (χ1n) is 21.5. The summed E-state index contributed by atoms with van der Waals surface area (Å²) in [4.78, 5) is 97.6. The minimum atomic E-state index is -1.10. The minimum absolute atomic E-state index is 0.00240. The molecule has 1 saturated carbocycles. The van der Waals surface area contributed by atoms with Crippen LogP contribution in [0.25, 0.3) is 0 Å². The van der Waals surface area contributed by atoms with E-state index in [-0.39, 0.29) is 36.0 Å². The van der Waals surface area contributed by atoms with Gasteiger partial charge in [-0.15, -0.1) is 0 Å². The molecule has 3 saturated heterocycles. The van der Waals surface area contributed by atoms with Crippen molar-refractivity contribution in [3.8, 4) is 0 Å². The van der Waals surface area contributed by atoms with Gasteiger partial charge in [0.2, 0.25) is 42.4 Å². The highest BCUT2D eigenvalue weighted by Gasteiger charge is 2.31. The van der Waals surface area contributed by atoms with Crippen molar-refractivity contribution >= 4 is 48.3 Å². The van der Waals surface area contributed by atoms with Crippen LogP contribution in [0.1, 0.15) is 130 Å². The van der Waals surface area contributed by atoms with E-state index in [1.54, 1.807) is 4.90 Å². The predicted octanol–water partition coefficient (Wildman–Crippen LogP) is 1.70. The maximum Gasteiger partial charge on any atom is 0.305 e. The lowest BCUT2D eigenvalue weighted by atomic mass is 9.79. The zero-order chi connectivity index (χ0) is 42.9. The Bertz CT molecular complexity index is 1290. The highest BCUT2D eigenvalue weighted by atomic mass is 16.4. The molecule has 7 amide bonds. The molecule has 17 nitrogen and oxygen atoms in total. The van der Waals surface area contributed by atoms with Gasteiger partial charge in [0.25, 0.3) is 0 Å². The number of hydrogen-bond acceptors (Lipinski definition) is 9. The molecule has 4 aliphatic rings. The molecule has 17 heteroatoms. The van der Waals surface area contributed by atoms with E-state index in [4.69, 9.17) is 10.2 Å². The SMILES string of the molecule is CCCNC(=O)[C@@H](NC=O)[C@@H](C)O.C[C@@H](CC(=O)N[C@@H](CCC(=O)N1CCCC1)C(=O)N1CCCCC1)C1CCCCC1.O=CN[C@@H](CC(=O)O)C(=O)N1CCCC1. The zero-order valence-corrected chi connectivity index (χ0v) is 35.1. The van der Waals surface area contributed by atoms with E-state index >= 15 is 0 Å². The lowest BCUT2D eigenvalue weighted by molar-refractivity contribution is -0.142. The fourth-order valence-corrected chi connectivity index (χ4v) is 7.90. The second-order valence-electron chi connectivity index (χ2n) is 16.0. The van der Waals surface area contributed by atoms with Gasteiger partial charge in [0.05, 0.1) is 12.5 Å². The quantitative estimate of drug-likeness (QED) is 0.103. The Morgan fingerprint density at radius 1 is 0.690 bits per heavy atom. The number of aliphatic hydroxyl groups is 1. The van der Waals surface area contributed by atoms with Gasteiger partial charge in [-0.25, -0.2) is 0 Å². The molecule has 0 spiro atoms. The summed E-state index contributed by atoms with van der Waals surface area (Å²) in [7, 11) is 0. The lowest BCUT2D eigenvalue weighted by Crippen LogP contribution is -2.50. The fourth-order valence-electron chi connectivity index (χ4n) is 7.90.